The average Bonchev–Trinajstić information content (AvgIpc) is 3.76. The van der Waals surface area contributed by atoms with Gasteiger partial charge in [-0.1, -0.05) is 46.7 Å². The predicted octanol–water partition coefficient (Wildman–Crippen LogP) is 7.66. The minimum absolute atomic E-state index is 0.0365. The normalized spacial score (nSPS) is 18.8. The van der Waals surface area contributed by atoms with Crippen LogP contribution in [-0.2, 0) is 0 Å². The van der Waals surface area contributed by atoms with E-state index in [1.165, 1.54) is 0 Å². The SMILES string of the molecule is CC(O)C1=C(c2cc(Cl)c3sccc3c2)N2CCN=C2S1.OCC1=C(c2cc(Cl)c3sccc3c2)N2CCN=C2S1. The minimum atomic E-state index is -0.504. The van der Waals surface area contributed by atoms with Crippen molar-refractivity contribution < 1.29 is 10.2 Å². The second-order valence-corrected chi connectivity index (χ2v) is 14.5. The number of aliphatic hydroxyl groups excluding tert-OH is 2. The first-order chi connectivity index (χ1) is 19.9. The van der Waals surface area contributed by atoms with E-state index >= 15 is 0 Å². The summed E-state index contributed by atoms with van der Waals surface area (Å²) in [6.07, 6.45) is -0.504. The maximum atomic E-state index is 10.1. The summed E-state index contributed by atoms with van der Waals surface area (Å²) in [6, 6.07) is 12.4. The molecule has 0 saturated heterocycles. The number of rotatable bonds is 4. The van der Waals surface area contributed by atoms with Gasteiger partial charge in [0, 0.05) is 34.0 Å². The molecule has 6 nitrogen and oxygen atoms in total. The van der Waals surface area contributed by atoms with Crippen LogP contribution in [0.3, 0.4) is 0 Å². The zero-order valence-corrected chi connectivity index (χ0v) is 26.6. The number of fused-ring (bicyclic) bond motifs is 4. The first-order valence-electron chi connectivity index (χ1n) is 13.0. The van der Waals surface area contributed by atoms with Crippen molar-refractivity contribution >= 4 is 111 Å². The topological polar surface area (TPSA) is 71.7 Å². The summed E-state index contributed by atoms with van der Waals surface area (Å²) in [6.45, 7) is 5.21. The van der Waals surface area contributed by atoms with Crippen molar-refractivity contribution in [2.24, 2.45) is 9.98 Å². The Hall–Kier alpha value is -2.02. The minimum Gasteiger partial charge on any atom is -0.391 e. The maximum absolute atomic E-state index is 10.1. The van der Waals surface area contributed by atoms with Gasteiger partial charge in [-0.25, -0.2) is 0 Å². The van der Waals surface area contributed by atoms with E-state index in [-0.39, 0.29) is 6.61 Å². The lowest BCUT2D eigenvalue weighted by Gasteiger charge is -2.18. The van der Waals surface area contributed by atoms with Crippen LogP contribution in [0.4, 0.5) is 0 Å². The lowest BCUT2D eigenvalue weighted by atomic mass is 10.1. The van der Waals surface area contributed by atoms with Crippen LogP contribution in [0.5, 0.6) is 0 Å². The standard InChI is InChI=1S/C15H13ClN2OS2.C14H11ClN2OS2/c1-8(19)13-12(18-4-3-17-15(18)21-13)10-6-9-2-5-20-14(9)11(16)7-10;15-10-6-9(5-8-1-4-19-13(8)10)12-11(7-18)20-14-16-2-3-17(12)14/h2,5-8,19H,3-4H2,1H3;1,4-6,18H,2-3,7H2. The summed E-state index contributed by atoms with van der Waals surface area (Å²) < 4.78 is 2.23. The first kappa shape index (κ1) is 27.8. The molecule has 0 aliphatic carbocycles. The van der Waals surface area contributed by atoms with Crippen molar-refractivity contribution in [2.75, 3.05) is 32.8 Å². The van der Waals surface area contributed by atoms with Crippen LogP contribution in [0.1, 0.15) is 18.1 Å². The number of benzene rings is 2. The molecule has 41 heavy (non-hydrogen) atoms. The zero-order chi connectivity index (χ0) is 28.2. The van der Waals surface area contributed by atoms with Gasteiger partial charge in [0.25, 0.3) is 0 Å². The number of hydrogen-bond donors (Lipinski definition) is 2. The Labute approximate surface area is 263 Å². The number of thioether (sulfide) groups is 2. The van der Waals surface area contributed by atoms with Gasteiger partial charge in [0.2, 0.25) is 0 Å². The molecule has 1 unspecified atom stereocenters. The highest BCUT2D eigenvalue weighted by Crippen LogP contribution is 2.45. The molecular formula is C29H24Cl2N4O2S4. The van der Waals surface area contributed by atoms with Crippen molar-refractivity contribution in [3.63, 3.8) is 0 Å². The van der Waals surface area contributed by atoms with E-state index < -0.39 is 6.10 Å². The Morgan fingerprint density at radius 3 is 1.93 bits per heavy atom. The predicted molar refractivity (Wildman–Crippen MR) is 179 cm³/mol. The van der Waals surface area contributed by atoms with Gasteiger partial charge in [-0.2, -0.15) is 0 Å². The molecular weight excluding hydrogens is 636 g/mol. The van der Waals surface area contributed by atoms with E-state index in [1.54, 1.807) is 53.1 Å². The molecule has 2 aromatic carbocycles. The van der Waals surface area contributed by atoms with Gasteiger partial charge < -0.3 is 20.0 Å². The highest BCUT2D eigenvalue weighted by Gasteiger charge is 2.35. The number of hydrogen-bond acceptors (Lipinski definition) is 10. The van der Waals surface area contributed by atoms with Gasteiger partial charge in [0.15, 0.2) is 10.3 Å². The molecule has 0 saturated carbocycles. The van der Waals surface area contributed by atoms with Gasteiger partial charge in [-0.05, 0) is 64.9 Å². The second kappa shape index (κ2) is 11.2. The number of amidine groups is 2. The van der Waals surface area contributed by atoms with Crippen LogP contribution in [0.15, 0.2) is 67.0 Å². The summed E-state index contributed by atoms with van der Waals surface area (Å²) in [7, 11) is 0. The fraction of sp³-hybridized carbons (Fsp3) is 0.241. The lowest BCUT2D eigenvalue weighted by Crippen LogP contribution is -2.20. The molecule has 0 fully saturated rings. The molecule has 0 amide bonds. The van der Waals surface area contributed by atoms with Crippen molar-refractivity contribution in [1.29, 1.82) is 0 Å². The van der Waals surface area contributed by atoms with Crippen LogP contribution in [0, 0.1) is 0 Å². The first-order valence-corrected chi connectivity index (χ1v) is 17.2. The Balaban J connectivity index is 0.000000135. The van der Waals surface area contributed by atoms with Gasteiger partial charge in [0.1, 0.15) is 0 Å². The third-order valence-electron chi connectivity index (χ3n) is 7.14. The van der Waals surface area contributed by atoms with E-state index in [9.17, 15) is 10.2 Å². The van der Waals surface area contributed by atoms with E-state index in [2.05, 4.69) is 49.4 Å². The number of thiophene rings is 2. The summed E-state index contributed by atoms with van der Waals surface area (Å²) in [5.41, 5.74) is 4.23. The highest BCUT2D eigenvalue weighted by atomic mass is 35.5. The number of aliphatic imine (C=N–C) groups is 2. The fourth-order valence-electron chi connectivity index (χ4n) is 5.39. The quantitative estimate of drug-likeness (QED) is 0.235. The molecule has 6 heterocycles. The van der Waals surface area contributed by atoms with Gasteiger partial charge >= 0.3 is 0 Å². The number of aliphatic hydroxyl groups is 2. The van der Waals surface area contributed by atoms with Crippen molar-refractivity contribution in [3.05, 3.63) is 78.1 Å². The van der Waals surface area contributed by atoms with Gasteiger partial charge in [0.05, 0.1) is 56.6 Å². The number of halogens is 2. The third-order valence-corrected chi connectivity index (χ3v) is 12.3. The Bertz CT molecular complexity index is 1820. The largest absolute Gasteiger partial charge is 0.391 e. The molecule has 4 aliphatic rings. The maximum Gasteiger partial charge on any atom is 0.168 e. The average molecular weight is 660 g/mol. The van der Waals surface area contributed by atoms with E-state index in [0.29, 0.717) is 0 Å². The van der Waals surface area contributed by atoms with Gasteiger partial charge in [-0.15, -0.1) is 22.7 Å². The summed E-state index contributed by atoms with van der Waals surface area (Å²) >= 11 is 19.2. The molecule has 0 spiro atoms. The Kier molecular flexibility index (Phi) is 7.62. The molecule has 210 valence electrons. The van der Waals surface area contributed by atoms with Crippen molar-refractivity contribution in [3.8, 4) is 0 Å². The molecule has 0 bridgehead atoms. The third kappa shape index (κ3) is 4.92. The number of nitrogens with zero attached hydrogens (tertiary/aromatic N) is 4. The summed E-state index contributed by atoms with van der Waals surface area (Å²) in [5.74, 6) is 0. The Morgan fingerprint density at radius 2 is 1.37 bits per heavy atom. The van der Waals surface area contributed by atoms with Crippen LogP contribution in [0.2, 0.25) is 10.0 Å². The molecule has 4 aromatic rings. The highest BCUT2D eigenvalue weighted by molar-refractivity contribution is 8.18. The zero-order valence-electron chi connectivity index (χ0n) is 21.8. The molecule has 2 aromatic heterocycles. The fourth-order valence-corrected chi connectivity index (χ4v) is 9.88. The van der Waals surface area contributed by atoms with E-state index in [0.717, 1.165) is 99.1 Å². The van der Waals surface area contributed by atoms with Crippen LogP contribution >= 0.6 is 69.4 Å². The molecule has 0 radical (unpaired) electrons. The second-order valence-electron chi connectivity index (χ2n) is 9.75. The molecule has 8 rings (SSSR count). The van der Waals surface area contributed by atoms with Crippen molar-refractivity contribution in [2.45, 2.75) is 13.0 Å². The Morgan fingerprint density at radius 1 is 0.829 bits per heavy atom. The summed E-state index contributed by atoms with van der Waals surface area (Å²) in [4.78, 5) is 15.3. The van der Waals surface area contributed by atoms with E-state index in [4.69, 9.17) is 23.2 Å². The van der Waals surface area contributed by atoms with Crippen LogP contribution < -0.4 is 0 Å². The van der Waals surface area contributed by atoms with Gasteiger partial charge in [-0.3, -0.25) is 9.98 Å². The lowest BCUT2D eigenvalue weighted by molar-refractivity contribution is 0.240. The monoisotopic (exact) mass is 658 g/mol. The molecule has 12 heteroatoms. The smallest absolute Gasteiger partial charge is 0.168 e. The van der Waals surface area contributed by atoms with Crippen molar-refractivity contribution in [1.82, 2.24) is 9.80 Å². The van der Waals surface area contributed by atoms with Crippen LogP contribution in [-0.4, -0.2) is 69.2 Å². The summed E-state index contributed by atoms with van der Waals surface area (Å²) in [5, 5.41) is 29.6. The van der Waals surface area contributed by atoms with Crippen LogP contribution in [0.25, 0.3) is 31.6 Å². The molecule has 1 atom stereocenters. The van der Waals surface area contributed by atoms with E-state index in [1.807, 2.05) is 17.5 Å². The molecule has 4 aliphatic heterocycles. The molecule has 2 N–H and O–H groups in total.